The Morgan fingerprint density at radius 3 is 2.91 bits per heavy atom. The van der Waals surface area contributed by atoms with Crippen molar-refractivity contribution in [2.24, 2.45) is 4.99 Å². The lowest BCUT2D eigenvalue weighted by atomic mass is 10.2. The van der Waals surface area contributed by atoms with E-state index in [4.69, 9.17) is 4.74 Å². The number of nitrogens with one attached hydrogen (secondary N) is 2. The molecule has 122 valence electrons. The van der Waals surface area contributed by atoms with Gasteiger partial charge in [-0.2, -0.15) is 11.8 Å². The van der Waals surface area contributed by atoms with Crippen molar-refractivity contribution in [3.63, 3.8) is 0 Å². The number of ether oxygens (including phenoxy) is 1. The maximum Gasteiger partial charge on any atom is 0.191 e. The molecule has 1 aliphatic heterocycles. The lowest BCUT2D eigenvalue weighted by Crippen LogP contribution is -2.38. The van der Waals surface area contributed by atoms with E-state index in [-0.39, 0.29) is 0 Å². The summed E-state index contributed by atoms with van der Waals surface area (Å²) < 4.78 is 5.69. The van der Waals surface area contributed by atoms with Crippen molar-refractivity contribution in [2.45, 2.75) is 31.4 Å². The van der Waals surface area contributed by atoms with Crippen LogP contribution in [0.25, 0.3) is 0 Å². The van der Waals surface area contributed by atoms with Crippen LogP contribution in [0.4, 0.5) is 0 Å². The van der Waals surface area contributed by atoms with Crippen molar-refractivity contribution < 1.29 is 4.74 Å². The van der Waals surface area contributed by atoms with Crippen molar-refractivity contribution in [1.82, 2.24) is 10.6 Å². The van der Waals surface area contributed by atoms with Crippen LogP contribution in [-0.2, 0) is 0 Å². The molecule has 0 aromatic heterocycles. The van der Waals surface area contributed by atoms with E-state index in [1.54, 1.807) is 0 Å². The maximum atomic E-state index is 5.69. The minimum absolute atomic E-state index is 0.705. The van der Waals surface area contributed by atoms with Gasteiger partial charge < -0.3 is 15.4 Å². The summed E-state index contributed by atoms with van der Waals surface area (Å²) in [6.45, 7) is 5.50. The number of guanidine groups is 1. The van der Waals surface area contributed by atoms with Crippen LogP contribution in [-0.4, -0.2) is 43.2 Å². The van der Waals surface area contributed by atoms with Gasteiger partial charge in [-0.05, 0) is 44.1 Å². The number of aliphatic imine (C=N–C) groups is 1. The summed E-state index contributed by atoms with van der Waals surface area (Å²) in [6, 6.07) is 9.95. The number of hydrogen-bond donors (Lipinski definition) is 2. The van der Waals surface area contributed by atoms with Crippen LogP contribution in [0.2, 0.25) is 0 Å². The second-order valence-electron chi connectivity index (χ2n) is 5.30. The predicted octanol–water partition coefficient (Wildman–Crippen LogP) is 2.91. The molecule has 0 radical (unpaired) electrons. The fourth-order valence-corrected chi connectivity index (χ4v) is 3.49. The first-order valence-corrected chi connectivity index (χ1v) is 9.25. The Morgan fingerprint density at radius 2 is 2.18 bits per heavy atom. The zero-order valence-electron chi connectivity index (χ0n) is 13.4. The average molecular weight is 321 g/mol. The summed E-state index contributed by atoms with van der Waals surface area (Å²) in [5.41, 5.74) is 0. The smallest absolute Gasteiger partial charge is 0.191 e. The molecule has 0 aliphatic carbocycles. The Morgan fingerprint density at radius 1 is 1.32 bits per heavy atom. The molecular weight excluding hydrogens is 294 g/mol. The summed E-state index contributed by atoms with van der Waals surface area (Å²) >= 11 is 2.05. The van der Waals surface area contributed by atoms with Crippen LogP contribution < -0.4 is 15.4 Å². The van der Waals surface area contributed by atoms with Crippen LogP contribution >= 0.6 is 11.8 Å². The molecule has 1 fully saturated rings. The lowest BCUT2D eigenvalue weighted by Gasteiger charge is -2.13. The normalized spacial score (nSPS) is 18.2. The Hall–Kier alpha value is -1.36. The van der Waals surface area contributed by atoms with Crippen molar-refractivity contribution in [2.75, 3.05) is 32.0 Å². The summed E-state index contributed by atoms with van der Waals surface area (Å²) in [7, 11) is 0. The van der Waals surface area contributed by atoms with Gasteiger partial charge in [0.25, 0.3) is 0 Å². The van der Waals surface area contributed by atoms with Gasteiger partial charge in [-0.1, -0.05) is 18.2 Å². The lowest BCUT2D eigenvalue weighted by molar-refractivity contribution is 0.311. The third-order valence-corrected chi connectivity index (χ3v) is 4.83. The molecule has 0 amide bonds. The van der Waals surface area contributed by atoms with E-state index in [0.717, 1.165) is 44.4 Å². The zero-order chi connectivity index (χ0) is 15.5. The standard InChI is InChI=1S/C17H27N3OS/c1-2-18-17(20-14-16-10-6-13-22-16)19-11-7-12-21-15-8-4-3-5-9-15/h3-5,8-9,16H,2,6-7,10-14H2,1H3,(H2,18,19,20). The van der Waals surface area contributed by atoms with Gasteiger partial charge in [0.15, 0.2) is 5.96 Å². The van der Waals surface area contributed by atoms with Crippen LogP contribution in [0.5, 0.6) is 5.75 Å². The van der Waals surface area contributed by atoms with E-state index in [9.17, 15) is 0 Å². The van der Waals surface area contributed by atoms with Crippen molar-refractivity contribution in [1.29, 1.82) is 0 Å². The molecule has 2 rings (SSSR count). The number of rotatable bonds is 8. The molecule has 2 N–H and O–H groups in total. The molecule has 0 saturated carbocycles. The molecule has 1 aromatic carbocycles. The summed E-state index contributed by atoms with van der Waals surface area (Å²) in [5, 5.41) is 7.39. The quantitative estimate of drug-likeness (QED) is 0.439. The van der Waals surface area contributed by atoms with E-state index in [1.165, 1.54) is 18.6 Å². The van der Waals surface area contributed by atoms with Crippen molar-refractivity contribution in [3.05, 3.63) is 30.3 Å². The van der Waals surface area contributed by atoms with Crippen LogP contribution in [0.15, 0.2) is 35.3 Å². The molecule has 0 spiro atoms. The topological polar surface area (TPSA) is 45.7 Å². The Labute approximate surface area is 138 Å². The van der Waals surface area contributed by atoms with Gasteiger partial charge in [0.1, 0.15) is 5.75 Å². The second kappa shape index (κ2) is 10.4. The number of nitrogens with zero attached hydrogens (tertiary/aromatic N) is 1. The van der Waals surface area contributed by atoms with Gasteiger partial charge in [-0.3, -0.25) is 4.99 Å². The summed E-state index contributed by atoms with van der Waals surface area (Å²) in [5.74, 6) is 3.15. The van der Waals surface area contributed by atoms with E-state index >= 15 is 0 Å². The predicted molar refractivity (Wildman–Crippen MR) is 96.0 cm³/mol. The fourth-order valence-electron chi connectivity index (χ4n) is 2.31. The van der Waals surface area contributed by atoms with Gasteiger partial charge in [0, 0.05) is 18.3 Å². The minimum Gasteiger partial charge on any atom is -0.494 e. The first kappa shape index (κ1) is 17.0. The molecule has 1 saturated heterocycles. The van der Waals surface area contributed by atoms with Gasteiger partial charge in [-0.25, -0.2) is 0 Å². The largest absolute Gasteiger partial charge is 0.494 e. The SMILES string of the molecule is CCNC(=NCC1CCCS1)NCCCOc1ccccc1. The van der Waals surface area contributed by atoms with Gasteiger partial charge in [0.05, 0.1) is 13.2 Å². The Bertz CT molecular complexity index is 433. The molecule has 0 bridgehead atoms. The maximum absolute atomic E-state index is 5.69. The van der Waals surface area contributed by atoms with E-state index in [0.29, 0.717) is 5.25 Å². The monoisotopic (exact) mass is 321 g/mol. The second-order valence-corrected chi connectivity index (χ2v) is 6.70. The minimum atomic E-state index is 0.705. The molecule has 22 heavy (non-hydrogen) atoms. The van der Waals surface area contributed by atoms with Crippen LogP contribution in [0, 0.1) is 0 Å². The average Bonchev–Trinajstić information content (AvgIpc) is 3.06. The van der Waals surface area contributed by atoms with Crippen molar-refractivity contribution in [3.8, 4) is 5.75 Å². The zero-order valence-corrected chi connectivity index (χ0v) is 14.2. The molecule has 1 aliphatic rings. The Balaban J connectivity index is 1.62. The fraction of sp³-hybridized carbons (Fsp3) is 0.588. The highest BCUT2D eigenvalue weighted by Crippen LogP contribution is 2.25. The molecule has 5 heteroatoms. The van der Waals surface area contributed by atoms with Crippen LogP contribution in [0.1, 0.15) is 26.2 Å². The number of hydrogen-bond acceptors (Lipinski definition) is 3. The number of para-hydroxylation sites is 1. The van der Waals surface area contributed by atoms with Gasteiger partial charge >= 0.3 is 0 Å². The Kier molecular flexibility index (Phi) is 8.02. The molecular formula is C17H27N3OS. The third-order valence-electron chi connectivity index (χ3n) is 3.45. The van der Waals surface area contributed by atoms with E-state index in [1.807, 2.05) is 42.1 Å². The number of benzene rings is 1. The number of thioether (sulfide) groups is 1. The highest BCUT2D eigenvalue weighted by Gasteiger charge is 2.14. The highest BCUT2D eigenvalue weighted by atomic mass is 32.2. The first-order valence-electron chi connectivity index (χ1n) is 8.20. The molecule has 1 heterocycles. The molecule has 4 nitrogen and oxygen atoms in total. The first-order chi connectivity index (χ1) is 10.9. The van der Waals surface area contributed by atoms with E-state index < -0.39 is 0 Å². The van der Waals surface area contributed by atoms with Crippen molar-refractivity contribution >= 4 is 17.7 Å². The molecule has 1 atom stereocenters. The van der Waals surface area contributed by atoms with Crippen LogP contribution in [0.3, 0.4) is 0 Å². The highest BCUT2D eigenvalue weighted by molar-refractivity contribution is 8.00. The van der Waals surface area contributed by atoms with Gasteiger partial charge in [-0.15, -0.1) is 0 Å². The summed E-state index contributed by atoms with van der Waals surface area (Å²) in [6.07, 6.45) is 3.60. The van der Waals surface area contributed by atoms with E-state index in [2.05, 4.69) is 22.5 Å². The van der Waals surface area contributed by atoms with Gasteiger partial charge in [0.2, 0.25) is 0 Å². The molecule has 1 aromatic rings. The molecule has 1 unspecified atom stereocenters. The third kappa shape index (κ3) is 6.60. The summed E-state index contributed by atoms with van der Waals surface area (Å²) in [4.78, 5) is 4.68.